The maximum Gasteiger partial charge on any atom is 0.251 e. The van der Waals surface area contributed by atoms with Gasteiger partial charge in [-0.2, -0.15) is 0 Å². The van der Waals surface area contributed by atoms with Gasteiger partial charge in [0.15, 0.2) is 0 Å². The summed E-state index contributed by atoms with van der Waals surface area (Å²) in [5.41, 5.74) is 1.62. The van der Waals surface area contributed by atoms with E-state index < -0.39 is 0 Å². The van der Waals surface area contributed by atoms with Crippen LogP contribution in [0, 0.1) is 0 Å². The van der Waals surface area contributed by atoms with Gasteiger partial charge in [0.25, 0.3) is 5.91 Å². The molecule has 1 heterocycles. The summed E-state index contributed by atoms with van der Waals surface area (Å²) in [7, 11) is 1.84. The van der Waals surface area contributed by atoms with E-state index in [4.69, 9.17) is 4.74 Å². The van der Waals surface area contributed by atoms with Crippen molar-refractivity contribution in [2.24, 2.45) is 0 Å². The topological polar surface area (TPSA) is 50.4 Å². The fourth-order valence-electron chi connectivity index (χ4n) is 1.93. The smallest absolute Gasteiger partial charge is 0.251 e. The molecule has 2 rings (SSSR count). The standard InChI is InChI=1S/C13H18N2O2/c1-14-11-5-2-4-10(8-11)13(16)15-9-12-6-3-7-17-12/h2,4-5,8,12,14H,3,6-7,9H2,1H3,(H,15,16). The third-order valence-corrected chi connectivity index (χ3v) is 2.93. The van der Waals surface area contributed by atoms with Gasteiger partial charge < -0.3 is 15.4 Å². The van der Waals surface area contributed by atoms with E-state index in [-0.39, 0.29) is 12.0 Å². The molecule has 0 aromatic heterocycles. The number of hydrogen-bond donors (Lipinski definition) is 2. The number of ether oxygens (including phenoxy) is 1. The first-order chi connectivity index (χ1) is 8.29. The zero-order valence-electron chi connectivity index (χ0n) is 10.0. The third-order valence-electron chi connectivity index (χ3n) is 2.93. The lowest BCUT2D eigenvalue weighted by molar-refractivity contribution is 0.0858. The minimum atomic E-state index is -0.0439. The molecule has 0 bridgehead atoms. The largest absolute Gasteiger partial charge is 0.388 e. The number of nitrogens with one attached hydrogen (secondary N) is 2. The Morgan fingerprint density at radius 2 is 2.41 bits per heavy atom. The van der Waals surface area contributed by atoms with Gasteiger partial charge >= 0.3 is 0 Å². The molecule has 1 amide bonds. The van der Waals surface area contributed by atoms with Crippen molar-refractivity contribution in [2.75, 3.05) is 25.5 Å². The summed E-state index contributed by atoms with van der Waals surface area (Å²) in [4.78, 5) is 11.9. The highest BCUT2D eigenvalue weighted by atomic mass is 16.5. The van der Waals surface area contributed by atoms with E-state index in [0.29, 0.717) is 12.1 Å². The normalized spacial score (nSPS) is 19.0. The van der Waals surface area contributed by atoms with Crippen molar-refractivity contribution in [3.8, 4) is 0 Å². The van der Waals surface area contributed by atoms with Crippen molar-refractivity contribution in [3.05, 3.63) is 29.8 Å². The summed E-state index contributed by atoms with van der Waals surface area (Å²) in [6.07, 6.45) is 2.32. The molecule has 1 fully saturated rings. The van der Waals surface area contributed by atoms with E-state index in [1.807, 2.05) is 31.3 Å². The van der Waals surface area contributed by atoms with Crippen LogP contribution in [-0.4, -0.2) is 32.2 Å². The van der Waals surface area contributed by atoms with Crippen LogP contribution < -0.4 is 10.6 Å². The monoisotopic (exact) mass is 234 g/mol. The van der Waals surface area contributed by atoms with Gasteiger partial charge in [0.05, 0.1) is 6.10 Å². The van der Waals surface area contributed by atoms with Gasteiger partial charge in [-0.15, -0.1) is 0 Å². The quantitative estimate of drug-likeness (QED) is 0.832. The van der Waals surface area contributed by atoms with E-state index in [1.165, 1.54) is 0 Å². The highest BCUT2D eigenvalue weighted by molar-refractivity contribution is 5.95. The molecule has 17 heavy (non-hydrogen) atoms. The molecule has 1 unspecified atom stereocenters. The number of anilines is 1. The van der Waals surface area contributed by atoms with Crippen LogP contribution in [0.1, 0.15) is 23.2 Å². The molecule has 2 N–H and O–H groups in total. The van der Waals surface area contributed by atoms with E-state index in [2.05, 4.69) is 10.6 Å². The van der Waals surface area contributed by atoms with Gasteiger partial charge in [-0.3, -0.25) is 4.79 Å². The van der Waals surface area contributed by atoms with Crippen LogP contribution >= 0.6 is 0 Å². The highest BCUT2D eigenvalue weighted by Gasteiger charge is 2.16. The average molecular weight is 234 g/mol. The van der Waals surface area contributed by atoms with Gasteiger partial charge in [-0.1, -0.05) is 6.07 Å². The van der Waals surface area contributed by atoms with Crippen molar-refractivity contribution in [1.29, 1.82) is 0 Å². The van der Waals surface area contributed by atoms with Gasteiger partial charge in [0.2, 0.25) is 0 Å². The Labute approximate surface area is 101 Å². The van der Waals surface area contributed by atoms with Crippen LogP contribution in [0.15, 0.2) is 24.3 Å². The van der Waals surface area contributed by atoms with E-state index in [0.717, 1.165) is 25.1 Å². The minimum Gasteiger partial charge on any atom is -0.388 e. The predicted octanol–water partition coefficient (Wildman–Crippen LogP) is 1.64. The van der Waals surface area contributed by atoms with Crippen LogP contribution in [-0.2, 0) is 4.74 Å². The molecule has 1 aromatic rings. The van der Waals surface area contributed by atoms with E-state index in [1.54, 1.807) is 0 Å². The second-order valence-corrected chi connectivity index (χ2v) is 4.18. The van der Waals surface area contributed by atoms with E-state index in [9.17, 15) is 4.79 Å². The van der Waals surface area contributed by atoms with Crippen molar-refractivity contribution in [3.63, 3.8) is 0 Å². The van der Waals surface area contributed by atoms with Crippen molar-refractivity contribution >= 4 is 11.6 Å². The van der Waals surface area contributed by atoms with Crippen molar-refractivity contribution in [1.82, 2.24) is 5.32 Å². The van der Waals surface area contributed by atoms with Gasteiger partial charge in [0, 0.05) is 31.5 Å². The second kappa shape index (κ2) is 5.68. The predicted molar refractivity (Wildman–Crippen MR) is 67.3 cm³/mol. The van der Waals surface area contributed by atoms with Gasteiger partial charge in [0.1, 0.15) is 0 Å². The first-order valence-corrected chi connectivity index (χ1v) is 5.97. The summed E-state index contributed by atoms with van der Waals surface area (Å²) in [5, 5.41) is 5.92. The number of hydrogen-bond acceptors (Lipinski definition) is 3. The Hall–Kier alpha value is -1.55. The van der Waals surface area contributed by atoms with Gasteiger partial charge in [-0.25, -0.2) is 0 Å². The highest BCUT2D eigenvalue weighted by Crippen LogP contribution is 2.12. The van der Waals surface area contributed by atoms with E-state index >= 15 is 0 Å². The second-order valence-electron chi connectivity index (χ2n) is 4.18. The fraction of sp³-hybridized carbons (Fsp3) is 0.462. The summed E-state index contributed by atoms with van der Waals surface area (Å²) >= 11 is 0. The molecular formula is C13H18N2O2. The zero-order valence-corrected chi connectivity index (χ0v) is 10.0. The van der Waals surface area contributed by atoms with Crippen molar-refractivity contribution in [2.45, 2.75) is 18.9 Å². The molecule has 4 heteroatoms. The molecule has 92 valence electrons. The molecule has 1 aromatic carbocycles. The summed E-state index contributed by atoms with van der Waals surface area (Å²) in [6, 6.07) is 7.44. The first-order valence-electron chi connectivity index (χ1n) is 5.97. The van der Waals surface area contributed by atoms with Crippen LogP contribution in [0.2, 0.25) is 0 Å². The summed E-state index contributed by atoms with van der Waals surface area (Å²) in [5.74, 6) is -0.0439. The lowest BCUT2D eigenvalue weighted by Crippen LogP contribution is -2.31. The lowest BCUT2D eigenvalue weighted by Gasteiger charge is -2.11. The lowest BCUT2D eigenvalue weighted by atomic mass is 10.2. The SMILES string of the molecule is CNc1cccc(C(=O)NCC2CCCO2)c1. The number of amides is 1. The third kappa shape index (κ3) is 3.20. The molecule has 0 saturated carbocycles. The molecule has 1 saturated heterocycles. The minimum absolute atomic E-state index is 0.0439. The Bertz CT molecular complexity index is 387. The van der Waals surface area contributed by atoms with Gasteiger partial charge in [-0.05, 0) is 31.0 Å². The van der Waals surface area contributed by atoms with Crippen LogP contribution in [0.5, 0.6) is 0 Å². The molecule has 0 radical (unpaired) electrons. The van der Waals surface area contributed by atoms with Crippen LogP contribution in [0.4, 0.5) is 5.69 Å². The summed E-state index contributed by atoms with van der Waals surface area (Å²) in [6.45, 7) is 1.42. The molecule has 1 aliphatic heterocycles. The average Bonchev–Trinajstić information content (AvgIpc) is 2.89. The number of carbonyl (C=O) groups excluding carboxylic acids is 1. The molecule has 1 atom stereocenters. The maximum absolute atomic E-state index is 11.9. The molecular weight excluding hydrogens is 216 g/mol. The van der Waals surface area contributed by atoms with Crippen molar-refractivity contribution < 1.29 is 9.53 Å². The Kier molecular flexibility index (Phi) is 3.98. The zero-order chi connectivity index (χ0) is 12.1. The summed E-state index contributed by atoms with van der Waals surface area (Å²) < 4.78 is 5.46. The number of rotatable bonds is 4. The Morgan fingerprint density at radius 3 is 3.12 bits per heavy atom. The molecule has 0 aliphatic carbocycles. The maximum atomic E-state index is 11.9. The number of carbonyl (C=O) groups is 1. The van der Waals surface area contributed by atoms with Crippen LogP contribution in [0.25, 0.3) is 0 Å². The number of benzene rings is 1. The van der Waals surface area contributed by atoms with Crippen LogP contribution in [0.3, 0.4) is 0 Å². The first kappa shape index (κ1) is 11.9. The molecule has 4 nitrogen and oxygen atoms in total. The Balaban J connectivity index is 1.89. The molecule has 0 spiro atoms. The fourth-order valence-corrected chi connectivity index (χ4v) is 1.93. The Morgan fingerprint density at radius 1 is 1.53 bits per heavy atom. The molecule has 1 aliphatic rings.